The molecule has 2 amide bonds. The van der Waals surface area contributed by atoms with Crippen molar-refractivity contribution >= 4 is 23.6 Å². The summed E-state index contributed by atoms with van der Waals surface area (Å²) in [5.41, 5.74) is 0.639. The highest BCUT2D eigenvalue weighted by atomic mass is 32.2. The van der Waals surface area contributed by atoms with Gasteiger partial charge in [-0.05, 0) is 45.2 Å². The van der Waals surface area contributed by atoms with Crippen molar-refractivity contribution in [2.24, 2.45) is 5.92 Å². The fourth-order valence-electron chi connectivity index (χ4n) is 2.49. The summed E-state index contributed by atoms with van der Waals surface area (Å²) in [5, 5.41) is 5.94. The molecular weight excluding hydrogens is 332 g/mol. The van der Waals surface area contributed by atoms with E-state index >= 15 is 0 Å². The summed E-state index contributed by atoms with van der Waals surface area (Å²) in [7, 11) is 0. The zero-order valence-corrected chi connectivity index (χ0v) is 16.9. The van der Waals surface area contributed by atoms with Crippen LogP contribution in [0.2, 0.25) is 0 Å². The van der Waals surface area contributed by atoms with Gasteiger partial charge in [0.05, 0.1) is 11.3 Å². The normalized spacial score (nSPS) is 12.3. The number of benzene rings is 1. The van der Waals surface area contributed by atoms with Gasteiger partial charge in [0.1, 0.15) is 0 Å². The number of rotatable bonds is 10. The van der Waals surface area contributed by atoms with Gasteiger partial charge in [-0.1, -0.05) is 38.8 Å². The van der Waals surface area contributed by atoms with E-state index in [1.165, 1.54) is 18.2 Å². The Balaban J connectivity index is 2.59. The topological polar surface area (TPSA) is 58.2 Å². The van der Waals surface area contributed by atoms with Crippen LogP contribution < -0.4 is 10.6 Å². The lowest BCUT2D eigenvalue weighted by atomic mass is 10.0. The van der Waals surface area contributed by atoms with Gasteiger partial charge in [-0.15, -0.1) is 11.8 Å². The Morgan fingerprint density at radius 2 is 1.68 bits per heavy atom. The highest BCUT2D eigenvalue weighted by molar-refractivity contribution is 8.00. The number of amides is 2. The average Bonchev–Trinajstić information content (AvgIpc) is 2.52. The Labute approximate surface area is 156 Å². The minimum atomic E-state index is -0.0654. The Hall–Kier alpha value is -1.49. The van der Waals surface area contributed by atoms with E-state index in [0.29, 0.717) is 17.2 Å². The van der Waals surface area contributed by atoms with Gasteiger partial charge in [0.15, 0.2) is 0 Å². The number of nitrogens with one attached hydrogen (secondary N) is 2. The molecule has 1 atom stereocenters. The standard InChI is InChI=1S/C20H32N2O2S/c1-14(2)9-8-10-16(5)22-20(24)17-11-6-7-12-18(17)25-13-19(23)21-15(3)4/h6-7,11-12,14-16H,8-10,13H2,1-5H3,(H,21,23)(H,22,24). The molecule has 0 radical (unpaired) electrons. The molecule has 5 heteroatoms. The molecule has 0 saturated heterocycles. The van der Waals surface area contributed by atoms with Crippen molar-refractivity contribution in [3.63, 3.8) is 0 Å². The molecule has 25 heavy (non-hydrogen) atoms. The predicted octanol–water partition coefficient (Wildman–Crippen LogP) is 4.25. The fourth-order valence-corrected chi connectivity index (χ4v) is 3.35. The second kappa shape index (κ2) is 11.2. The SMILES string of the molecule is CC(C)CCCC(C)NC(=O)c1ccccc1SCC(=O)NC(C)C. The van der Waals surface area contributed by atoms with Crippen LogP contribution in [0.15, 0.2) is 29.2 Å². The summed E-state index contributed by atoms with van der Waals surface area (Å²) in [6, 6.07) is 7.74. The zero-order valence-electron chi connectivity index (χ0n) is 16.1. The molecule has 0 bridgehead atoms. The summed E-state index contributed by atoms with van der Waals surface area (Å²) < 4.78 is 0. The molecule has 0 aliphatic carbocycles. The molecule has 1 unspecified atom stereocenters. The van der Waals surface area contributed by atoms with E-state index in [9.17, 15) is 9.59 Å². The third-order valence-corrected chi connectivity index (χ3v) is 4.81. The lowest BCUT2D eigenvalue weighted by Crippen LogP contribution is -2.33. The number of carbonyl (C=O) groups is 2. The highest BCUT2D eigenvalue weighted by Gasteiger charge is 2.15. The Kier molecular flexibility index (Phi) is 9.65. The van der Waals surface area contributed by atoms with Crippen LogP contribution in [0.5, 0.6) is 0 Å². The van der Waals surface area contributed by atoms with Gasteiger partial charge >= 0.3 is 0 Å². The lowest BCUT2D eigenvalue weighted by molar-refractivity contribution is -0.119. The van der Waals surface area contributed by atoms with Gasteiger partial charge in [0.25, 0.3) is 5.91 Å². The van der Waals surface area contributed by atoms with E-state index in [2.05, 4.69) is 24.5 Å². The largest absolute Gasteiger partial charge is 0.353 e. The monoisotopic (exact) mass is 364 g/mol. The Bertz CT molecular complexity index is 558. The number of hydrogen-bond acceptors (Lipinski definition) is 3. The van der Waals surface area contributed by atoms with E-state index in [1.807, 2.05) is 45.0 Å². The third kappa shape index (κ3) is 8.96. The molecule has 1 aromatic rings. The van der Waals surface area contributed by atoms with Crippen molar-refractivity contribution in [3.05, 3.63) is 29.8 Å². The number of hydrogen-bond donors (Lipinski definition) is 2. The van der Waals surface area contributed by atoms with Gasteiger partial charge < -0.3 is 10.6 Å². The van der Waals surface area contributed by atoms with E-state index in [0.717, 1.165) is 17.7 Å². The molecule has 0 fully saturated rings. The smallest absolute Gasteiger partial charge is 0.252 e. The first-order valence-corrected chi connectivity index (χ1v) is 10.1. The molecule has 4 nitrogen and oxygen atoms in total. The second-order valence-corrected chi connectivity index (χ2v) is 8.22. The number of thioether (sulfide) groups is 1. The van der Waals surface area contributed by atoms with Gasteiger partial charge in [0.2, 0.25) is 5.91 Å². The van der Waals surface area contributed by atoms with Crippen LogP contribution >= 0.6 is 11.8 Å². The summed E-state index contributed by atoms with van der Waals surface area (Å²) in [4.78, 5) is 25.2. The minimum Gasteiger partial charge on any atom is -0.353 e. The molecule has 0 aromatic heterocycles. The molecule has 140 valence electrons. The number of carbonyl (C=O) groups excluding carboxylic acids is 2. The Morgan fingerprint density at radius 3 is 2.32 bits per heavy atom. The van der Waals surface area contributed by atoms with Gasteiger partial charge in [-0.2, -0.15) is 0 Å². The molecular formula is C20H32N2O2S. The first-order valence-electron chi connectivity index (χ1n) is 9.11. The van der Waals surface area contributed by atoms with Crippen LogP contribution in [0.3, 0.4) is 0 Å². The summed E-state index contributed by atoms with van der Waals surface area (Å²) in [5.74, 6) is 0.922. The molecule has 0 spiro atoms. The maximum absolute atomic E-state index is 12.6. The maximum atomic E-state index is 12.6. The van der Waals surface area contributed by atoms with E-state index < -0.39 is 0 Å². The van der Waals surface area contributed by atoms with Crippen LogP contribution in [-0.2, 0) is 4.79 Å². The van der Waals surface area contributed by atoms with Crippen LogP contribution in [0.4, 0.5) is 0 Å². The second-order valence-electron chi connectivity index (χ2n) is 7.21. The van der Waals surface area contributed by atoms with Crippen molar-refractivity contribution in [1.29, 1.82) is 0 Å². The molecule has 2 N–H and O–H groups in total. The van der Waals surface area contributed by atoms with Crippen molar-refractivity contribution < 1.29 is 9.59 Å². The first kappa shape index (κ1) is 21.6. The zero-order chi connectivity index (χ0) is 18.8. The van der Waals surface area contributed by atoms with E-state index in [1.54, 1.807) is 0 Å². The van der Waals surface area contributed by atoms with Crippen LogP contribution in [0, 0.1) is 5.92 Å². The van der Waals surface area contributed by atoms with Crippen molar-refractivity contribution in [3.8, 4) is 0 Å². The minimum absolute atomic E-state index is 0.0164. The molecule has 1 aromatic carbocycles. The highest BCUT2D eigenvalue weighted by Crippen LogP contribution is 2.22. The average molecular weight is 365 g/mol. The van der Waals surface area contributed by atoms with Crippen molar-refractivity contribution in [1.82, 2.24) is 10.6 Å². The van der Waals surface area contributed by atoms with Crippen LogP contribution in [0.1, 0.15) is 64.2 Å². The van der Waals surface area contributed by atoms with Gasteiger partial charge in [-0.25, -0.2) is 0 Å². The summed E-state index contributed by atoms with van der Waals surface area (Å²) in [6.07, 6.45) is 3.28. The molecule has 0 saturated carbocycles. The molecule has 0 heterocycles. The quantitative estimate of drug-likeness (QED) is 0.610. The molecule has 0 aliphatic heterocycles. The van der Waals surface area contributed by atoms with Gasteiger partial charge in [0, 0.05) is 17.0 Å². The summed E-state index contributed by atoms with van der Waals surface area (Å²) in [6.45, 7) is 10.3. The van der Waals surface area contributed by atoms with Crippen molar-refractivity contribution in [2.75, 3.05) is 5.75 Å². The molecule has 1 rings (SSSR count). The molecule has 0 aliphatic rings. The lowest BCUT2D eigenvalue weighted by Gasteiger charge is -2.16. The van der Waals surface area contributed by atoms with Gasteiger partial charge in [-0.3, -0.25) is 9.59 Å². The van der Waals surface area contributed by atoms with Crippen LogP contribution in [-0.4, -0.2) is 29.7 Å². The summed E-state index contributed by atoms with van der Waals surface area (Å²) >= 11 is 1.40. The maximum Gasteiger partial charge on any atom is 0.252 e. The Morgan fingerprint density at radius 1 is 1.00 bits per heavy atom. The van der Waals surface area contributed by atoms with Crippen molar-refractivity contribution in [2.45, 2.75) is 70.9 Å². The van der Waals surface area contributed by atoms with Crippen LogP contribution in [0.25, 0.3) is 0 Å². The van der Waals surface area contributed by atoms with E-state index in [-0.39, 0.29) is 23.9 Å². The predicted molar refractivity (Wildman–Crippen MR) is 106 cm³/mol. The first-order chi connectivity index (χ1) is 11.8. The van der Waals surface area contributed by atoms with E-state index in [4.69, 9.17) is 0 Å². The fraction of sp³-hybridized carbons (Fsp3) is 0.600. The third-order valence-electron chi connectivity index (χ3n) is 3.74.